The lowest BCUT2D eigenvalue weighted by atomic mass is 10.1. The number of aromatic nitrogens is 9. The number of rotatable bonds is 16. The van der Waals surface area contributed by atoms with Crippen LogP contribution in [0.25, 0.3) is 11.5 Å². The molecule has 0 aliphatic rings. The zero-order valence-electron chi connectivity index (χ0n) is 71.6. The average Bonchev–Trinajstić information content (AvgIpc) is 0.762. The number of pyridine rings is 1. The molecule has 464 valence electrons. The zero-order valence-corrected chi connectivity index (χ0v) is 47.6. The van der Waals surface area contributed by atoms with Gasteiger partial charge in [-0.15, -0.1) is 0 Å². The molecule has 0 saturated heterocycles. The van der Waals surface area contributed by atoms with Crippen LogP contribution in [-0.4, -0.2) is 43.2 Å². The van der Waals surface area contributed by atoms with Crippen LogP contribution in [0, 0.1) is 12.7 Å². The van der Waals surface area contributed by atoms with Gasteiger partial charge in [-0.25, -0.2) is 37.7 Å². The second-order valence-electron chi connectivity index (χ2n) is 19.0. The second-order valence-corrected chi connectivity index (χ2v) is 19.0. The van der Waals surface area contributed by atoms with Crippen LogP contribution in [0.3, 0.4) is 0 Å². The SMILES string of the molecule is C.[2H]C([2H])([2H])C(C)n1c(=O)cc(N[C@@H](C)c2ccccc2)[nH]c1=O.[2H]c1c([2H])c([2H])c([C@H](C)Nc2cc(=O)n(-c3cc(C)cc(F)c3)c(=O)[nH]2)c([2H])c1[2H].[2H]c1c([2H])c([2H])c([C@H](C)Nc2cc(=O)n(-c3ccccn3)c(=O)[nH]2)c([2H])c1[2H].[2H]c1c([2H])c([2H])c([C@H](C)Nc2cc(=O)n(C(C([2H])([2H])[2H])C([2H])([2H])[2H])c(=O)[nH]2)c([2H])c1[2H]. The standard InChI is InChI=1S/C19H18FN3O2.C17H16N4O2.2C15H19N3O2.CH4/c1-12-8-15(20)10-16(9-12)23-18(24)11-17(22-19(23)25)21-13(2)14-6-4-3-5-7-14;1-12(13-7-3-2-4-8-13)19-14-11-16(22)21(17(23)20-14)15-9-5-6-10-18-15;2*1-10(2)18-14(19)9-13(17-15(18)20)16-11(3)12-7-5-4-6-8-12;/h3-11,13,21H,1-2H3,(H,22,25);2-12,19H,1H3,(H,20,23);2*4-11,16H,1-3H3,(H,17,20);1H4/t13-;12-;2*11-;/m0000./s1/i3D,4D,5D,6D,7D;2D,3D,4D,7D,8D;1D3,2D3,4D,5D,6D,7D,8D;1D3;/t3m;10?,11-;. The molecule has 5 heterocycles. The van der Waals surface area contributed by atoms with Crippen molar-refractivity contribution in [2.45, 2.75) is 106 Å². The van der Waals surface area contributed by atoms with E-state index in [1.165, 1.54) is 51.2 Å². The van der Waals surface area contributed by atoms with Gasteiger partial charge in [0.1, 0.15) is 34.9 Å². The van der Waals surface area contributed by atoms with Crippen LogP contribution < -0.4 is 66.3 Å². The van der Waals surface area contributed by atoms with E-state index in [2.05, 4.69) is 46.2 Å². The molecule has 10 rings (SSSR count). The number of hydrogen-bond donors (Lipinski definition) is 8. The van der Waals surface area contributed by atoms with E-state index in [0.29, 0.717) is 10.1 Å². The molecule has 89 heavy (non-hydrogen) atoms. The van der Waals surface area contributed by atoms with E-state index >= 15 is 0 Å². The van der Waals surface area contributed by atoms with Gasteiger partial charge in [0.15, 0.2) is 0 Å². The van der Waals surface area contributed by atoms with Crippen molar-refractivity contribution in [1.82, 2.24) is 43.2 Å². The molecule has 0 fully saturated rings. The fourth-order valence-electron chi connectivity index (χ4n) is 8.12. The Hall–Kier alpha value is -10.9. The number of nitrogens with zero attached hydrogens (tertiary/aromatic N) is 5. The predicted octanol–water partition coefficient (Wildman–Crippen LogP) is 10.5. The maximum Gasteiger partial charge on any atom is 0.335 e. The first kappa shape index (κ1) is 40.5. The first-order chi connectivity index (χ1) is 51.9. The van der Waals surface area contributed by atoms with Gasteiger partial charge in [0.25, 0.3) is 22.2 Å². The maximum atomic E-state index is 13.7. The molecular weight excluding hydrogens is 1130 g/mol. The molecule has 5 aromatic carbocycles. The van der Waals surface area contributed by atoms with E-state index in [9.17, 15) is 42.7 Å². The second kappa shape index (κ2) is 31.5. The van der Waals surface area contributed by atoms with Crippen LogP contribution in [-0.2, 0) is 0 Å². The Morgan fingerprint density at radius 2 is 0.831 bits per heavy atom. The highest BCUT2D eigenvalue weighted by Crippen LogP contribution is 2.20. The van der Waals surface area contributed by atoms with Crippen molar-refractivity contribution < 1.29 is 37.3 Å². The monoisotopic (exact) mass is 1230 g/mol. The molecule has 5 aromatic heterocycles. The number of anilines is 4. The smallest absolute Gasteiger partial charge is 0.335 e. The molecule has 5 atom stereocenters. The van der Waals surface area contributed by atoms with Crippen LogP contribution in [0.2, 0.25) is 0 Å². The van der Waals surface area contributed by atoms with Crippen molar-refractivity contribution in [2.24, 2.45) is 0 Å². The number of benzene rings is 5. The van der Waals surface area contributed by atoms with Gasteiger partial charge in [-0.1, -0.05) is 134 Å². The van der Waals surface area contributed by atoms with Crippen LogP contribution in [0.15, 0.2) is 226 Å². The van der Waals surface area contributed by atoms with Crippen molar-refractivity contribution in [3.63, 3.8) is 0 Å². The van der Waals surface area contributed by atoms with E-state index < -0.39 is 168 Å². The predicted molar refractivity (Wildman–Crippen MR) is 352 cm³/mol. The van der Waals surface area contributed by atoms with Gasteiger partial charge in [0, 0.05) is 79.1 Å². The van der Waals surface area contributed by atoms with E-state index in [0.717, 1.165) is 39.0 Å². The van der Waals surface area contributed by atoms with Crippen molar-refractivity contribution >= 4 is 23.3 Å². The Balaban J connectivity index is 0.000000235. The average molecular weight is 1230 g/mol. The number of aromatic amines is 4. The quantitative estimate of drug-likeness (QED) is 0.0447. The molecule has 21 nitrogen and oxygen atoms in total. The van der Waals surface area contributed by atoms with E-state index in [1.807, 2.05) is 37.3 Å². The summed E-state index contributed by atoms with van der Waals surface area (Å²) in [4.78, 5) is 112. The van der Waals surface area contributed by atoms with Crippen molar-refractivity contribution in [2.75, 3.05) is 21.3 Å². The molecular formula is C67H76FN13O8. The molecule has 0 aliphatic carbocycles. The lowest BCUT2D eigenvalue weighted by Crippen LogP contribution is -2.36. The van der Waals surface area contributed by atoms with Gasteiger partial charge in [0.2, 0.25) is 0 Å². The fourth-order valence-corrected chi connectivity index (χ4v) is 8.12. The minimum Gasteiger partial charge on any atom is -0.365 e. The highest BCUT2D eigenvalue weighted by Gasteiger charge is 2.15. The lowest BCUT2D eigenvalue weighted by Gasteiger charge is -2.16. The summed E-state index contributed by atoms with van der Waals surface area (Å²) in [7, 11) is 0. The van der Waals surface area contributed by atoms with E-state index in [1.54, 1.807) is 26.0 Å². The van der Waals surface area contributed by atoms with Gasteiger partial charge in [-0.3, -0.25) is 48.2 Å². The number of hydrogen-bond acceptors (Lipinski definition) is 13. The first-order valence-corrected chi connectivity index (χ1v) is 26.4. The van der Waals surface area contributed by atoms with E-state index in [4.69, 9.17) is 32.9 Å². The number of H-pyrrole nitrogens is 4. The summed E-state index contributed by atoms with van der Waals surface area (Å²) < 4.78 is 200. The summed E-state index contributed by atoms with van der Waals surface area (Å²) in [6.07, 6.45) is 1.45. The summed E-state index contributed by atoms with van der Waals surface area (Å²) in [5.41, 5.74) is -5.28. The summed E-state index contributed by atoms with van der Waals surface area (Å²) in [5, 5.41) is 11.3. The van der Waals surface area contributed by atoms with Gasteiger partial charge < -0.3 is 21.3 Å². The first-order valence-electron chi connectivity index (χ1n) is 38.4. The Morgan fingerprint density at radius 3 is 1.21 bits per heavy atom. The Labute approximate surface area is 546 Å². The Morgan fingerprint density at radius 1 is 0.449 bits per heavy atom. The molecule has 0 saturated carbocycles. The normalized spacial score (nSPS) is 16.6. The largest absolute Gasteiger partial charge is 0.365 e. The number of aryl methyl sites for hydroxylation is 1. The van der Waals surface area contributed by atoms with Gasteiger partial charge in [0.05, 0.1) is 26.2 Å². The fraction of sp³-hybridized carbons (Fsp3) is 0.239. The number of halogens is 1. The zero-order chi connectivity index (χ0) is 84.2. The summed E-state index contributed by atoms with van der Waals surface area (Å²) in [6.45, 7) is 0.602. The summed E-state index contributed by atoms with van der Waals surface area (Å²) >= 11 is 0. The van der Waals surface area contributed by atoms with Gasteiger partial charge >= 0.3 is 22.8 Å². The maximum absolute atomic E-state index is 13.7. The van der Waals surface area contributed by atoms with Crippen molar-refractivity contribution in [1.29, 1.82) is 0 Å². The molecule has 10 aromatic rings. The van der Waals surface area contributed by atoms with Crippen LogP contribution >= 0.6 is 0 Å². The highest BCUT2D eigenvalue weighted by molar-refractivity contribution is 5.43. The number of nitrogens with one attached hydrogen (secondary N) is 8. The third-order valence-electron chi connectivity index (χ3n) is 12.3. The molecule has 0 bridgehead atoms. The van der Waals surface area contributed by atoms with E-state index in [-0.39, 0.29) is 93.7 Å². The van der Waals surface area contributed by atoms with Gasteiger partial charge in [-0.05, 0) is 120 Å². The molecule has 22 heteroatoms. The Bertz CT molecular complexity index is 5470. The highest BCUT2D eigenvalue weighted by atomic mass is 19.1. The third kappa shape index (κ3) is 18.6. The molecule has 1 unspecified atom stereocenters. The molecule has 0 radical (unpaired) electrons. The van der Waals surface area contributed by atoms with Crippen LogP contribution in [0.4, 0.5) is 27.7 Å². The van der Waals surface area contributed by atoms with Crippen molar-refractivity contribution in [3.05, 3.63) is 305 Å². The minimum atomic E-state index is -3.17. The lowest BCUT2D eigenvalue weighted by molar-refractivity contribution is 0.546. The summed E-state index contributed by atoms with van der Waals surface area (Å²) in [5.74, 6) is -0.367. The molecule has 0 amide bonds. The molecule has 0 spiro atoms. The summed E-state index contributed by atoms with van der Waals surface area (Å²) in [6, 6.07) is 9.08. The van der Waals surface area contributed by atoms with Gasteiger partial charge in [-0.2, -0.15) is 0 Å². The minimum absolute atomic E-state index is 0. The van der Waals surface area contributed by atoms with Crippen molar-refractivity contribution in [3.8, 4) is 11.5 Å². The van der Waals surface area contributed by atoms with Crippen LogP contribution in [0.1, 0.15) is 160 Å². The van der Waals surface area contributed by atoms with Crippen LogP contribution in [0.5, 0.6) is 0 Å². The third-order valence-corrected chi connectivity index (χ3v) is 12.3. The molecule has 8 N–H and O–H groups in total. The Kier molecular flexibility index (Phi) is 14.3. The topological polar surface area (TPSA) is 280 Å². The molecule has 0 aliphatic heterocycles.